The van der Waals surface area contributed by atoms with Gasteiger partial charge < -0.3 is 10.6 Å². The fourth-order valence-electron chi connectivity index (χ4n) is 2.27. The number of hydrogen-bond donors (Lipinski definition) is 2. The normalized spacial score (nSPS) is 10.2. The van der Waals surface area contributed by atoms with Crippen molar-refractivity contribution in [1.82, 2.24) is 5.32 Å². The van der Waals surface area contributed by atoms with E-state index in [2.05, 4.69) is 10.6 Å². The number of amides is 3. The first-order valence-corrected chi connectivity index (χ1v) is 8.63. The second kappa shape index (κ2) is 9.69. The van der Waals surface area contributed by atoms with Gasteiger partial charge in [-0.1, -0.05) is 36.7 Å². The standard InChI is InChI=1S/C19H22ClN3O2/c1-2-18(24)21-13-6-14-23(17-7-4-3-5-8-17)19(25)22-16-11-9-15(20)10-12-16/h3-5,7-12H,2,6,13-14H2,1H3,(H,21,24)(H,22,25). The molecule has 0 spiro atoms. The van der Waals surface area contributed by atoms with Crippen LogP contribution in [0.4, 0.5) is 16.2 Å². The summed E-state index contributed by atoms with van der Waals surface area (Å²) in [6, 6.07) is 16.2. The minimum Gasteiger partial charge on any atom is -0.356 e. The van der Waals surface area contributed by atoms with E-state index >= 15 is 0 Å². The maximum absolute atomic E-state index is 12.7. The number of halogens is 1. The van der Waals surface area contributed by atoms with Crippen LogP contribution in [0.2, 0.25) is 5.02 Å². The third-order valence-corrected chi connectivity index (χ3v) is 3.86. The highest BCUT2D eigenvalue weighted by atomic mass is 35.5. The number of benzene rings is 2. The van der Waals surface area contributed by atoms with Gasteiger partial charge in [0.1, 0.15) is 0 Å². The van der Waals surface area contributed by atoms with Crippen molar-refractivity contribution < 1.29 is 9.59 Å². The molecule has 2 N–H and O–H groups in total. The summed E-state index contributed by atoms with van der Waals surface area (Å²) in [5, 5.41) is 6.31. The molecule has 0 atom stereocenters. The highest BCUT2D eigenvalue weighted by molar-refractivity contribution is 6.30. The predicted octanol–water partition coefficient (Wildman–Crippen LogP) is 4.29. The highest BCUT2D eigenvalue weighted by Gasteiger charge is 2.15. The van der Waals surface area contributed by atoms with Crippen molar-refractivity contribution in [3.63, 3.8) is 0 Å². The maximum Gasteiger partial charge on any atom is 0.326 e. The largest absolute Gasteiger partial charge is 0.356 e. The molecule has 2 aromatic rings. The first-order chi connectivity index (χ1) is 12.1. The molecule has 6 heteroatoms. The molecule has 0 saturated heterocycles. The smallest absolute Gasteiger partial charge is 0.326 e. The van der Waals surface area contributed by atoms with Crippen LogP contribution in [0.1, 0.15) is 19.8 Å². The molecule has 132 valence electrons. The van der Waals surface area contributed by atoms with E-state index in [-0.39, 0.29) is 11.9 Å². The van der Waals surface area contributed by atoms with E-state index in [1.165, 1.54) is 0 Å². The molecule has 3 amide bonds. The average Bonchev–Trinajstić information content (AvgIpc) is 2.64. The number of nitrogens with zero attached hydrogens (tertiary/aromatic N) is 1. The molecule has 0 fully saturated rings. The predicted molar refractivity (Wildman–Crippen MR) is 102 cm³/mol. The summed E-state index contributed by atoms with van der Waals surface area (Å²) in [5.41, 5.74) is 1.48. The molecule has 0 aliphatic carbocycles. The van der Waals surface area contributed by atoms with Gasteiger partial charge in [0.2, 0.25) is 5.91 Å². The minimum absolute atomic E-state index is 0.0110. The SMILES string of the molecule is CCC(=O)NCCCN(C(=O)Nc1ccc(Cl)cc1)c1ccccc1. The molecule has 2 aromatic carbocycles. The average molecular weight is 360 g/mol. The summed E-state index contributed by atoms with van der Waals surface area (Å²) in [4.78, 5) is 25.7. The molecule has 0 aliphatic heterocycles. The van der Waals surface area contributed by atoms with Crippen LogP contribution in [0.3, 0.4) is 0 Å². The molecule has 0 aromatic heterocycles. The van der Waals surface area contributed by atoms with Crippen molar-refractivity contribution >= 4 is 34.9 Å². The third-order valence-electron chi connectivity index (χ3n) is 3.61. The van der Waals surface area contributed by atoms with Crippen LogP contribution in [0.5, 0.6) is 0 Å². The Morgan fingerprint density at radius 3 is 2.36 bits per heavy atom. The van der Waals surface area contributed by atoms with E-state index in [0.29, 0.717) is 36.6 Å². The first kappa shape index (κ1) is 18.8. The molecular weight excluding hydrogens is 338 g/mol. The molecular formula is C19H22ClN3O2. The topological polar surface area (TPSA) is 61.4 Å². The lowest BCUT2D eigenvalue weighted by Gasteiger charge is -2.23. The van der Waals surface area contributed by atoms with Crippen LogP contribution in [0.25, 0.3) is 0 Å². The van der Waals surface area contributed by atoms with Crippen molar-refractivity contribution in [2.24, 2.45) is 0 Å². The van der Waals surface area contributed by atoms with Crippen molar-refractivity contribution in [2.75, 3.05) is 23.3 Å². The Labute approximate surface area is 153 Å². The second-order valence-corrected chi connectivity index (χ2v) is 5.92. The maximum atomic E-state index is 12.7. The number of carbonyl (C=O) groups excluding carboxylic acids is 2. The number of para-hydroxylation sites is 1. The number of nitrogens with one attached hydrogen (secondary N) is 2. The number of rotatable bonds is 7. The van der Waals surface area contributed by atoms with E-state index < -0.39 is 0 Å². The van der Waals surface area contributed by atoms with Gasteiger partial charge in [-0.05, 0) is 42.8 Å². The van der Waals surface area contributed by atoms with Crippen LogP contribution in [0, 0.1) is 0 Å². The lowest BCUT2D eigenvalue weighted by atomic mass is 10.2. The Bertz CT molecular complexity index is 690. The minimum atomic E-state index is -0.227. The zero-order valence-electron chi connectivity index (χ0n) is 14.2. The summed E-state index contributed by atoms with van der Waals surface area (Å²) in [5.74, 6) is 0.0110. The highest BCUT2D eigenvalue weighted by Crippen LogP contribution is 2.18. The second-order valence-electron chi connectivity index (χ2n) is 5.48. The fourth-order valence-corrected chi connectivity index (χ4v) is 2.40. The van der Waals surface area contributed by atoms with Gasteiger partial charge in [0, 0.05) is 35.9 Å². The van der Waals surface area contributed by atoms with Crippen molar-refractivity contribution in [3.05, 3.63) is 59.6 Å². The zero-order chi connectivity index (χ0) is 18.1. The summed E-state index contributed by atoms with van der Waals surface area (Å²) in [7, 11) is 0. The molecule has 0 saturated carbocycles. The summed E-state index contributed by atoms with van der Waals surface area (Å²) < 4.78 is 0. The summed E-state index contributed by atoms with van der Waals surface area (Å²) in [6.07, 6.45) is 1.12. The molecule has 5 nitrogen and oxygen atoms in total. The van der Waals surface area contributed by atoms with Gasteiger partial charge in [-0.3, -0.25) is 9.69 Å². The van der Waals surface area contributed by atoms with Crippen LogP contribution >= 0.6 is 11.6 Å². The number of anilines is 2. The van der Waals surface area contributed by atoms with Gasteiger partial charge in [0.15, 0.2) is 0 Å². The summed E-state index contributed by atoms with van der Waals surface area (Å²) in [6.45, 7) is 2.84. The van der Waals surface area contributed by atoms with Gasteiger partial charge in [-0.15, -0.1) is 0 Å². The Morgan fingerprint density at radius 2 is 1.72 bits per heavy atom. The Balaban J connectivity index is 2.02. The monoisotopic (exact) mass is 359 g/mol. The van der Waals surface area contributed by atoms with Crippen LogP contribution in [-0.4, -0.2) is 25.0 Å². The fraction of sp³-hybridized carbons (Fsp3) is 0.263. The lowest BCUT2D eigenvalue weighted by molar-refractivity contribution is -0.120. The van der Waals surface area contributed by atoms with E-state index in [9.17, 15) is 9.59 Å². The molecule has 25 heavy (non-hydrogen) atoms. The quantitative estimate of drug-likeness (QED) is 0.724. The van der Waals surface area contributed by atoms with E-state index in [4.69, 9.17) is 11.6 Å². The summed E-state index contributed by atoms with van der Waals surface area (Å²) >= 11 is 5.87. The van der Waals surface area contributed by atoms with Gasteiger partial charge in [0.25, 0.3) is 0 Å². The molecule has 0 unspecified atom stereocenters. The Hall–Kier alpha value is -2.53. The van der Waals surface area contributed by atoms with Gasteiger partial charge in [-0.2, -0.15) is 0 Å². The number of urea groups is 1. The van der Waals surface area contributed by atoms with Crippen molar-refractivity contribution in [3.8, 4) is 0 Å². The third kappa shape index (κ3) is 6.12. The molecule has 0 radical (unpaired) electrons. The number of hydrogen-bond acceptors (Lipinski definition) is 2. The molecule has 0 aliphatic rings. The van der Waals surface area contributed by atoms with Gasteiger partial charge in [-0.25, -0.2) is 4.79 Å². The van der Waals surface area contributed by atoms with Gasteiger partial charge in [0.05, 0.1) is 0 Å². The van der Waals surface area contributed by atoms with Crippen LogP contribution < -0.4 is 15.5 Å². The lowest BCUT2D eigenvalue weighted by Crippen LogP contribution is -2.37. The first-order valence-electron chi connectivity index (χ1n) is 8.26. The van der Waals surface area contributed by atoms with Crippen LogP contribution in [0.15, 0.2) is 54.6 Å². The van der Waals surface area contributed by atoms with Gasteiger partial charge >= 0.3 is 6.03 Å². The van der Waals surface area contributed by atoms with E-state index in [0.717, 1.165) is 5.69 Å². The van der Waals surface area contributed by atoms with Crippen LogP contribution in [-0.2, 0) is 4.79 Å². The zero-order valence-corrected chi connectivity index (χ0v) is 14.9. The Morgan fingerprint density at radius 1 is 1.04 bits per heavy atom. The molecule has 2 rings (SSSR count). The Kier molecular flexibility index (Phi) is 7.29. The van der Waals surface area contributed by atoms with E-state index in [1.54, 1.807) is 29.2 Å². The molecule has 0 bridgehead atoms. The van der Waals surface area contributed by atoms with Crippen molar-refractivity contribution in [1.29, 1.82) is 0 Å². The molecule has 0 heterocycles. The number of carbonyl (C=O) groups is 2. The van der Waals surface area contributed by atoms with Crippen molar-refractivity contribution in [2.45, 2.75) is 19.8 Å². The van der Waals surface area contributed by atoms with E-state index in [1.807, 2.05) is 37.3 Å².